The molecule has 1 aliphatic carbocycles. The van der Waals surface area contributed by atoms with Gasteiger partial charge in [0.05, 0.1) is 14.2 Å². The summed E-state index contributed by atoms with van der Waals surface area (Å²) in [5.74, 6) is -4.38. The first-order valence-corrected chi connectivity index (χ1v) is 10.1. The normalized spacial score (nSPS) is 14.3. The standard InChI is InChI=1S/C23H28O8/c1-16(19(24)31-18-12-8-5-9-13-18)14-23(20(25)28-2,21(26)29-3)22(27)30-15-17-10-6-4-7-11-17/h4,6-7,10-11,18H,1,5,8-9,12-15H2,2-3H3. The van der Waals surface area contributed by atoms with Gasteiger partial charge in [-0.25, -0.2) is 4.79 Å². The van der Waals surface area contributed by atoms with Crippen LogP contribution in [0.1, 0.15) is 44.1 Å². The van der Waals surface area contributed by atoms with E-state index in [2.05, 4.69) is 6.58 Å². The van der Waals surface area contributed by atoms with Gasteiger partial charge in [0.25, 0.3) is 5.41 Å². The molecule has 0 radical (unpaired) electrons. The van der Waals surface area contributed by atoms with Crippen molar-refractivity contribution in [1.29, 1.82) is 0 Å². The van der Waals surface area contributed by atoms with Crippen LogP contribution >= 0.6 is 0 Å². The number of methoxy groups -OCH3 is 2. The zero-order chi connectivity index (χ0) is 22.9. The van der Waals surface area contributed by atoms with Crippen molar-refractivity contribution >= 4 is 23.9 Å². The first-order valence-electron chi connectivity index (χ1n) is 10.1. The summed E-state index contributed by atoms with van der Waals surface area (Å²) in [7, 11) is 2.04. The molecule has 0 atom stereocenters. The van der Waals surface area contributed by atoms with E-state index in [4.69, 9.17) is 18.9 Å². The lowest BCUT2D eigenvalue weighted by Gasteiger charge is -2.27. The Balaban J connectivity index is 2.22. The first-order chi connectivity index (χ1) is 14.8. The maximum atomic E-state index is 13.0. The van der Waals surface area contributed by atoms with Crippen molar-refractivity contribution in [3.8, 4) is 0 Å². The monoisotopic (exact) mass is 432 g/mol. The van der Waals surface area contributed by atoms with Crippen LogP contribution in [0.5, 0.6) is 0 Å². The molecule has 0 aliphatic heterocycles. The number of carbonyl (C=O) groups is 4. The van der Waals surface area contributed by atoms with Crippen LogP contribution in [0.15, 0.2) is 42.5 Å². The Labute approximate surface area is 181 Å². The smallest absolute Gasteiger partial charge is 0.335 e. The Bertz CT molecular complexity index is 792. The minimum absolute atomic E-state index is 0.186. The van der Waals surface area contributed by atoms with Crippen LogP contribution in [0.4, 0.5) is 0 Å². The predicted octanol–water partition coefficient (Wildman–Crippen LogP) is 2.88. The van der Waals surface area contributed by atoms with Gasteiger partial charge >= 0.3 is 23.9 Å². The molecule has 1 aliphatic rings. The summed E-state index contributed by atoms with van der Waals surface area (Å²) in [6.45, 7) is 3.46. The summed E-state index contributed by atoms with van der Waals surface area (Å²) in [6.07, 6.45) is 3.51. The van der Waals surface area contributed by atoms with Crippen LogP contribution in [0.3, 0.4) is 0 Å². The molecule has 0 spiro atoms. The molecule has 1 aromatic carbocycles. The van der Waals surface area contributed by atoms with Gasteiger partial charge in [0.2, 0.25) is 0 Å². The van der Waals surface area contributed by atoms with E-state index in [-0.39, 0.29) is 18.3 Å². The number of rotatable bonds is 9. The number of benzene rings is 1. The van der Waals surface area contributed by atoms with Crippen LogP contribution in [-0.4, -0.2) is 44.2 Å². The summed E-state index contributed by atoms with van der Waals surface area (Å²) < 4.78 is 20.1. The van der Waals surface area contributed by atoms with Crippen LogP contribution < -0.4 is 0 Å². The molecule has 1 saturated carbocycles. The number of hydrogen-bond donors (Lipinski definition) is 0. The molecule has 0 N–H and O–H groups in total. The second-order valence-electron chi connectivity index (χ2n) is 7.40. The van der Waals surface area contributed by atoms with Gasteiger partial charge in [-0.1, -0.05) is 43.3 Å². The van der Waals surface area contributed by atoms with Gasteiger partial charge in [-0.15, -0.1) is 0 Å². The molecule has 1 fully saturated rings. The first kappa shape index (κ1) is 24.1. The lowest BCUT2D eigenvalue weighted by atomic mass is 9.81. The Morgan fingerprint density at radius 3 is 2.06 bits per heavy atom. The average Bonchev–Trinajstić information content (AvgIpc) is 2.81. The van der Waals surface area contributed by atoms with Crippen molar-refractivity contribution in [3.63, 3.8) is 0 Å². The second-order valence-corrected chi connectivity index (χ2v) is 7.40. The summed E-state index contributed by atoms with van der Waals surface area (Å²) in [5.41, 5.74) is -2.10. The van der Waals surface area contributed by atoms with Crippen molar-refractivity contribution in [2.45, 2.75) is 51.2 Å². The molecule has 0 saturated heterocycles. The molecule has 0 unspecified atom stereocenters. The SMILES string of the molecule is C=C(CC(C(=O)OC)(C(=O)OC)C(=O)OCc1ccccc1)C(=O)OC1CCCCC1. The molecule has 168 valence electrons. The molecule has 8 nitrogen and oxygen atoms in total. The maximum absolute atomic E-state index is 13.0. The van der Waals surface area contributed by atoms with Crippen molar-refractivity contribution in [1.82, 2.24) is 0 Å². The highest BCUT2D eigenvalue weighted by Gasteiger charge is 2.58. The summed E-state index contributed by atoms with van der Waals surface area (Å²) in [4.78, 5) is 50.7. The van der Waals surface area contributed by atoms with Gasteiger partial charge < -0.3 is 18.9 Å². The molecule has 31 heavy (non-hydrogen) atoms. The van der Waals surface area contributed by atoms with Crippen LogP contribution in [-0.2, 0) is 44.7 Å². The van der Waals surface area contributed by atoms with Gasteiger partial charge in [-0.2, -0.15) is 0 Å². The topological polar surface area (TPSA) is 105 Å². The van der Waals surface area contributed by atoms with Gasteiger partial charge in [-0.05, 0) is 31.2 Å². The fraction of sp³-hybridized carbons (Fsp3) is 0.478. The second kappa shape index (κ2) is 11.3. The van der Waals surface area contributed by atoms with E-state index in [0.29, 0.717) is 5.56 Å². The summed E-state index contributed by atoms with van der Waals surface area (Å²) in [6, 6.07) is 8.72. The summed E-state index contributed by atoms with van der Waals surface area (Å²) >= 11 is 0. The third-order valence-electron chi connectivity index (χ3n) is 5.22. The van der Waals surface area contributed by atoms with Crippen LogP contribution in [0, 0.1) is 5.41 Å². The Morgan fingerprint density at radius 2 is 1.52 bits per heavy atom. The molecule has 0 aromatic heterocycles. The Hall–Kier alpha value is -3.16. The molecule has 1 aromatic rings. The minimum atomic E-state index is -2.53. The highest BCUT2D eigenvalue weighted by atomic mass is 16.6. The lowest BCUT2D eigenvalue weighted by Crippen LogP contribution is -2.49. The zero-order valence-corrected chi connectivity index (χ0v) is 17.9. The summed E-state index contributed by atoms with van der Waals surface area (Å²) in [5, 5.41) is 0. The van der Waals surface area contributed by atoms with Crippen LogP contribution in [0.2, 0.25) is 0 Å². The van der Waals surface area contributed by atoms with Crippen LogP contribution in [0.25, 0.3) is 0 Å². The average molecular weight is 432 g/mol. The number of hydrogen-bond acceptors (Lipinski definition) is 8. The minimum Gasteiger partial charge on any atom is -0.468 e. The predicted molar refractivity (Wildman–Crippen MR) is 109 cm³/mol. The van der Waals surface area contributed by atoms with Crippen molar-refractivity contribution in [2.24, 2.45) is 5.41 Å². The number of carbonyl (C=O) groups excluding carboxylic acids is 4. The fourth-order valence-electron chi connectivity index (χ4n) is 3.47. The van der Waals surface area contributed by atoms with Gasteiger partial charge in [0, 0.05) is 12.0 Å². The molecular formula is C23H28O8. The van der Waals surface area contributed by atoms with Gasteiger partial charge in [0.15, 0.2) is 0 Å². The Morgan fingerprint density at radius 1 is 0.935 bits per heavy atom. The largest absolute Gasteiger partial charge is 0.468 e. The third kappa shape index (κ3) is 5.93. The highest BCUT2D eigenvalue weighted by Crippen LogP contribution is 2.33. The Kier molecular flexibility index (Phi) is 8.78. The molecule has 0 heterocycles. The fourth-order valence-corrected chi connectivity index (χ4v) is 3.47. The van der Waals surface area contributed by atoms with Crippen molar-refractivity contribution < 1.29 is 38.1 Å². The van der Waals surface area contributed by atoms with E-state index < -0.39 is 35.7 Å². The maximum Gasteiger partial charge on any atom is 0.335 e. The van der Waals surface area contributed by atoms with Gasteiger partial charge in [-0.3, -0.25) is 14.4 Å². The number of esters is 4. The van der Waals surface area contributed by atoms with E-state index in [0.717, 1.165) is 46.3 Å². The molecular weight excluding hydrogens is 404 g/mol. The molecule has 0 bridgehead atoms. The zero-order valence-electron chi connectivity index (χ0n) is 17.9. The van der Waals surface area contributed by atoms with Gasteiger partial charge in [0.1, 0.15) is 12.7 Å². The quantitative estimate of drug-likeness (QED) is 0.254. The van der Waals surface area contributed by atoms with E-state index in [9.17, 15) is 19.2 Å². The molecule has 8 heteroatoms. The van der Waals surface area contributed by atoms with Crippen molar-refractivity contribution in [2.75, 3.05) is 14.2 Å². The third-order valence-corrected chi connectivity index (χ3v) is 5.22. The highest BCUT2D eigenvalue weighted by molar-refractivity contribution is 6.18. The van der Waals surface area contributed by atoms with Crippen molar-refractivity contribution in [3.05, 3.63) is 48.0 Å². The molecule has 0 amide bonds. The van der Waals surface area contributed by atoms with E-state index in [1.165, 1.54) is 0 Å². The van der Waals surface area contributed by atoms with E-state index in [1.54, 1.807) is 30.3 Å². The molecule has 2 rings (SSSR count). The lowest BCUT2D eigenvalue weighted by molar-refractivity contribution is -0.182. The van der Waals surface area contributed by atoms with E-state index >= 15 is 0 Å². The van der Waals surface area contributed by atoms with E-state index in [1.807, 2.05) is 0 Å². The number of ether oxygens (including phenoxy) is 4.